The molecule has 1 aromatic heterocycles. The van der Waals surface area contributed by atoms with E-state index in [-0.39, 0.29) is 0 Å². The molecule has 0 bridgehead atoms. The normalized spacial score (nSPS) is 10.0. The Kier molecular flexibility index (Phi) is 2.88. The number of aromatic nitrogens is 1. The van der Waals surface area contributed by atoms with Crippen molar-refractivity contribution in [1.29, 1.82) is 0 Å². The average Bonchev–Trinajstić information content (AvgIpc) is 2.70. The number of benzene rings is 1. The quantitative estimate of drug-likeness (QED) is 0.775. The van der Waals surface area contributed by atoms with Crippen LogP contribution in [0.25, 0.3) is 16.1 Å². The lowest BCUT2D eigenvalue weighted by molar-refractivity contribution is 0.956. The van der Waals surface area contributed by atoms with Crippen LogP contribution in [0.1, 0.15) is 5.56 Å². The Bertz CT molecular complexity index is 588. The first-order valence-corrected chi connectivity index (χ1v) is 5.49. The topological polar surface area (TPSA) is 21.3 Å². The minimum absolute atomic E-state index is 0.662. The number of nitrogens with one attached hydrogen (secondary N) is 1. The van der Waals surface area contributed by atoms with Crippen LogP contribution in [0.2, 0.25) is 0 Å². The summed E-state index contributed by atoms with van der Waals surface area (Å²) >= 11 is 0. The van der Waals surface area contributed by atoms with Crippen molar-refractivity contribution in [3.63, 3.8) is 0 Å². The molecule has 0 fully saturated rings. The van der Waals surface area contributed by atoms with Crippen molar-refractivity contribution in [3.8, 4) is 11.3 Å². The van der Waals surface area contributed by atoms with E-state index in [9.17, 15) is 0 Å². The molecule has 1 N–H and O–H groups in total. The zero-order chi connectivity index (χ0) is 12.4. The van der Waals surface area contributed by atoms with E-state index >= 15 is 0 Å². The minimum atomic E-state index is 0.662. The molecule has 2 rings (SSSR count). The lowest BCUT2D eigenvalue weighted by Crippen LogP contribution is -1.94. The summed E-state index contributed by atoms with van der Waals surface area (Å²) in [6.07, 6.45) is 0. The van der Waals surface area contributed by atoms with Crippen LogP contribution in [0.5, 0.6) is 0 Å². The molecular formula is C14H15N3. The molecule has 0 saturated carbocycles. The van der Waals surface area contributed by atoms with Gasteiger partial charge in [-0.2, -0.15) is 0 Å². The van der Waals surface area contributed by atoms with Crippen molar-refractivity contribution in [2.45, 2.75) is 6.92 Å². The number of aryl methyl sites for hydroxylation is 1. The molecule has 17 heavy (non-hydrogen) atoms. The van der Waals surface area contributed by atoms with Gasteiger partial charge in [-0.1, -0.05) is 6.57 Å². The van der Waals surface area contributed by atoms with Crippen molar-refractivity contribution in [2.24, 2.45) is 7.05 Å². The van der Waals surface area contributed by atoms with Crippen LogP contribution in [-0.4, -0.2) is 11.6 Å². The summed E-state index contributed by atoms with van der Waals surface area (Å²) in [6.45, 7) is 9.14. The highest BCUT2D eigenvalue weighted by atomic mass is 15.0. The molecular weight excluding hydrogens is 210 g/mol. The van der Waals surface area contributed by atoms with Crippen molar-refractivity contribution in [3.05, 3.63) is 47.3 Å². The van der Waals surface area contributed by atoms with Gasteiger partial charge in [0.1, 0.15) is 5.69 Å². The van der Waals surface area contributed by atoms with Gasteiger partial charge >= 0.3 is 0 Å². The van der Waals surface area contributed by atoms with Gasteiger partial charge in [-0.3, -0.25) is 4.57 Å². The largest absolute Gasteiger partial charge is 0.388 e. The van der Waals surface area contributed by atoms with E-state index in [1.165, 1.54) is 5.56 Å². The molecule has 0 atom stereocenters. The summed E-state index contributed by atoms with van der Waals surface area (Å²) in [5.41, 5.74) is 4.55. The van der Waals surface area contributed by atoms with Gasteiger partial charge in [0.2, 0.25) is 5.82 Å². The molecule has 2 aromatic rings. The highest BCUT2D eigenvalue weighted by Crippen LogP contribution is 2.28. The molecule has 0 aliphatic rings. The highest BCUT2D eigenvalue weighted by molar-refractivity contribution is 5.68. The second-order valence-corrected chi connectivity index (χ2v) is 4.03. The third-order valence-electron chi connectivity index (χ3n) is 3.00. The molecule has 86 valence electrons. The van der Waals surface area contributed by atoms with Crippen LogP contribution < -0.4 is 5.32 Å². The predicted molar refractivity (Wildman–Crippen MR) is 71.4 cm³/mol. The number of hydrogen-bond acceptors (Lipinski definition) is 1. The van der Waals surface area contributed by atoms with E-state index in [1.54, 1.807) is 0 Å². The molecule has 0 unspecified atom stereocenters. The Morgan fingerprint density at radius 1 is 1.24 bits per heavy atom. The molecule has 0 saturated heterocycles. The third kappa shape index (κ3) is 1.90. The van der Waals surface area contributed by atoms with Gasteiger partial charge in [0.05, 0.1) is 7.05 Å². The Hall–Kier alpha value is -2.21. The average molecular weight is 225 g/mol. The molecule has 0 amide bonds. The van der Waals surface area contributed by atoms with E-state index in [1.807, 2.05) is 30.8 Å². The minimum Gasteiger partial charge on any atom is -0.388 e. The van der Waals surface area contributed by atoms with Crippen LogP contribution in [0.4, 0.5) is 11.5 Å². The van der Waals surface area contributed by atoms with Gasteiger partial charge in [0.15, 0.2) is 0 Å². The monoisotopic (exact) mass is 225 g/mol. The van der Waals surface area contributed by atoms with Crippen LogP contribution in [-0.2, 0) is 7.05 Å². The maximum atomic E-state index is 7.06. The van der Waals surface area contributed by atoms with Gasteiger partial charge < -0.3 is 10.2 Å². The smallest absolute Gasteiger partial charge is 0.230 e. The number of rotatable bonds is 2. The van der Waals surface area contributed by atoms with Gasteiger partial charge in [-0.15, -0.1) is 0 Å². The lowest BCUT2D eigenvalue weighted by Gasteiger charge is -2.07. The van der Waals surface area contributed by atoms with Gasteiger partial charge in [-0.25, -0.2) is 0 Å². The summed E-state index contributed by atoms with van der Waals surface area (Å²) in [5, 5.41) is 3.15. The SMILES string of the molecule is [C-]#[N+]c1ccc(-c2ccc(NC)c(C)c2)n1C. The van der Waals surface area contributed by atoms with Crippen LogP contribution in [0.3, 0.4) is 0 Å². The first-order chi connectivity index (χ1) is 8.17. The van der Waals surface area contributed by atoms with E-state index in [0.717, 1.165) is 16.9 Å². The number of nitrogens with zero attached hydrogens (tertiary/aromatic N) is 2. The van der Waals surface area contributed by atoms with Gasteiger partial charge in [-0.05, 0) is 42.8 Å². The summed E-state index contributed by atoms with van der Waals surface area (Å²) < 4.78 is 1.92. The van der Waals surface area contributed by atoms with Crippen LogP contribution >= 0.6 is 0 Å². The van der Waals surface area contributed by atoms with Crippen molar-refractivity contribution in [2.75, 3.05) is 12.4 Å². The molecule has 0 spiro atoms. The fourth-order valence-corrected chi connectivity index (χ4v) is 2.01. The molecule has 1 aromatic carbocycles. The van der Waals surface area contributed by atoms with E-state index in [2.05, 4.69) is 35.3 Å². The summed E-state index contributed by atoms with van der Waals surface area (Å²) in [5.74, 6) is 0.662. The fraction of sp³-hybridized carbons (Fsp3) is 0.214. The predicted octanol–water partition coefficient (Wildman–Crippen LogP) is 3.59. The van der Waals surface area contributed by atoms with E-state index in [0.29, 0.717) is 5.82 Å². The molecule has 1 heterocycles. The summed E-state index contributed by atoms with van der Waals surface area (Å²) in [6, 6.07) is 10.1. The molecule has 0 aliphatic carbocycles. The van der Waals surface area contributed by atoms with Crippen molar-refractivity contribution >= 4 is 11.5 Å². The Morgan fingerprint density at radius 2 is 2.00 bits per heavy atom. The maximum Gasteiger partial charge on any atom is 0.230 e. The zero-order valence-corrected chi connectivity index (χ0v) is 10.3. The zero-order valence-electron chi connectivity index (χ0n) is 10.3. The highest BCUT2D eigenvalue weighted by Gasteiger charge is 2.09. The number of anilines is 1. The Labute approximate surface area is 102 Å². The third-order valence-corrected chi connectivity index (χ3v) is 3.00. The maximum absolute atomic E-state index is 7.06. The second kappa shape index (κ2) is 4.34. The van der Waals surface area contributed by atoms with E-state index < -0.39 is 0 Å². The second-order valence-electron chi connectivity index (χ2n) is 4.03. The summed E-state index contributed by atoms with van der Waals surface area (Å²) in [4.78, 5) is 3.47. The van der Waals surface area contributed by atoms with Crippen molar-refractivity contribution < 1.29 is 0 Å². The van der Waals surface area contributed by atoms with Gasteiger partial charge in [0.25, 0.3) is 0 Å². The standard InChI is InChI=1S/C14H15N3/c1-10-9-11(5-6-12(10)15-2)13-7-8-14(16-3)17(13)4/h5-9,15H,1-2,4H3. The molecule has 0 radical (unpaired) electrons. The van der Waals surface area contributed by atoms with E-state index in [4.69, 9.17) is 6.57 Å². The first-order valence-electron chi connectivity index (χ1n) is 5.49. The summed E-state index contributed by atoms with van der Waals surface area (Å²) in [7, 11) is 3.84. The van der Waals surface area contributed by atoms with Crippen LogP contribution in [0, 0.1) is 13.5 Å². The van der Waals surface area contributed by atoms with Crippen LogP contribution in [0.15, 0.2) is 30.3 Å². The molecule has 3 heteroatoms. The fourth-order valence-electron chi connectivity index (χ4n) is 2.01. The first kappa shape index (κ1) is 11.3. The van der Waals surface area contributed by atoms with Gasteiger partial charge in [0, 0.05) is 18.3 Å². The molecule has 0 aliphatic heterocycles. The Morgan fingerprint density at radius 3 is 2.53 bits per heavy atom. The molecule has 3 nitrogen and oxygen atoms in total. The van der Waals surface area contributed by atoms with Crippen molar-refractivity contribution in [1.82, 2.24) is 4.57 Å². The number of hydrogen-bond donors (Lipinski definition) is 1. The lowest BCUT2D eigenvalue weighted by atomic mass is 10.1. The Balaban J connectivity index is 2.51.